The third-order valence-electron chi connectivity index (χ3n) is 1.59. The van der Waals surface area contributed by atoms with Gasteiger partial charge in [-0.2, -0.15) is 0 Å². The second kappa shape index (κ2) is 5.18. The lowest BCUT2D eigenvalue weighted by Gasteiger charge is -2.06. The summed E-state index contributed by atoms with van der Waals surface area (Å²) < 4.78 is 5.17. The van der Waals surface area contributed by atoms with Gasteiger partial charge in [0.1, 0.15) is 5.56 Å². The lowest BCUT2D eigenvalue weighted by molar-refractivity contribution is 0.0691. The highest BCUT2D eigenvalue weighted by Crippen LogP contribution is 2.13. The SMILES string of the molecule is NCCCOc1ncccc1C(=O)O. The van der Waals surface area contributed by atoms with Gasteiger partial charge >= 0.3 is 5.97 Å². The van der Waals surface area contributed by atoms with Gasteiger partial charge in [-0.25, -0.2) is 9.78 Å². The van der Waals surface area contributed by atoms with Crippen molar-refractivity contribution in [3.8, 4) is 5.88 Å². The van der Waals surface area contributed by atoms with Crippen molar-refractivity contribution >= 4 is 5.97 Å². The van der Waals surface area contributed by atoms with Crippen LogP contribution in [0.5, 0.6) is 5.88 Å². The molecule has 5 heteroatoms. The molecule has 14 heavy (non-hydrogen) atoms. The highest BCUT2D eigenvalue weighted by Gasteiger charge is 2.10. The molecule has 0 aliphatic carbocycles. The molecule has 0 atom stereocenters. The maximum atomic E-state index is 10.7. The Morgan fingerprint density at radius 1 is 1.64 bits per heavy atom. The standard InChI is InChI=1S/C9H12N2O3/c10-4-2-6-14-8-7(9(12)13)3-1-5-11-8/h1,3,5H,2,4,6,10H2,(H,12,13). The summed E-state index contributed by atoms with van der Waals surface area (Å²) in [5.41, 5.74) is 5.35. The van der Waals surface area contributed by atoms with Crippen LogP contribution in [0.1, 0.15) is 16.8 Å². The van der Waals surface area contributed by atoms with Crippen LogP contribution in [-0.4, -0.2) is 29.2 Å². The first kappa shape index (κ1) is 10.5. The molecule has 0 radical (unpaired) electrons. The smallest absolute Gasteiger partial charge is 0.341 e. The number of carboxylic acid groups (broad SMARTS) is 1. The summed E-state index contributed by atoms with van der Waals surface area (Å²) in [6.45, 7) is 0.892. The normalized spacial score (nSPS) is 9.79. The molecule has 0 saturated carbocycles. The summed E-state index contributed by atoms with van der Waals surface area (Å²) in [7, 11) is 0. The van der Waals surface area contributed by atoms with Crippen molar-refractivity contribution in [3.63, 3.8) is 0 Å². The molecule has 3 N–H and O–H groups in total. The fourth-order valence-corrected chi connectivity index (χ4v) is 0.921. The van der Waals surface area contributed by atoms with Crippen LogP contribution >= 0.6 is 0 Å². The van der Waals surface area contributed by atoms with E-state index in [0.29, 0.717) is 19.6 Å². The van der Waals surface area contributed by atoms with Gasteiger partial charge in [0.2, 0.25) is 5.88 Å². The van der Waals surface area contributed by atoms with E-state index < -0.39 is 5.97 Å². The van der Waals surface area contributed by atoms with Crippen LogP contribution in [0, 0.1) is 0 Å². The summed E-state index contributed by atoms with van der Waals surface area (Å²) in [5, 5.41) is 8.78. The fourth-order valence-electron chi connectivity index (χ4n) is 0.921. The number of hydrogen-bond acceptors (Lipinski definition) is 4. The van der Waals surface area contributed by atoms with Crippen molar-refractivity contribution in [1.82, 2.24) is 4.98 Å². The van der Waals surface area contributed by atoms with E-state index >= 15 is 0 Å². The van der Waals surface area contributed by atoms with Crippen molar-refractivity contribution in [2.45, 2.75) is 6.42 Å². The maximum Gasteiger partial charge on any atom is 0.341 e. The summed E-state index contributed by atoms with van der Waals surface area (Å²) >= 11 is 0. The molecular formula is C9H12N2O3. The third kappa shape index (κ3) is 2.70. The molecule has 5 nitrogen and oxygen atoms in total. The van der Waals surface area contributed by atoms with Crippen LogP contribution in [-0.2, 0) is 0 Å². The van der Waals surface area contributed by atoms with Crippen LogP contribution in [0.3, 0.4) is 0 Å². The van der Waals surface area contributed by atoms with E-state index in [1.165, 1.54) is 12.3 Å². The summed E-state index contributed by atoms with van der Waals surface area (Å²) in [5.74, 6) is -0.894. The van der Waals surface area contributed by atoms with Gasteiger partial charge in [-0.05, 0) is 25.1 Å². The summed E-state index contributed by atoms with van der Waals surface area (Å²) in [4.78, 5) is 14.5. The lowest BCUT2D eigenvalue weighted by atomic mass is 10.3. The minimum absolute atomic E-state index is 0.0736. The monoisotopic (exact) mass is 196 g/mol. The number of carboxylic acids is 1. The molecule has 0 spiro atoms. The molecule has 1 aromatic heterocycles. The quantitative estimate of drug-likeness (QED) is 0.670. The van der Waals surface area contributed by atoms with Crippen molar-refractivity contribution in [2.75, 3.05) is 13.2 Å². The molecule has 0 saturated heterocycles. The first-order chi connectivity index (χ1) is 6.75. The Kier molecular flexibility index (Phi) is 3.87. The first-order valence-electron chi connectivity index (χ1n) is 4.27. The number of aromatic nitrogens is 1. The van der Waals surface area contributed by atoms with E-state index in [2.05, 4.69) is 4.98 Å². The fraction of sp³-hybridized carbons (Fsp3) is 0.333. The molecular weight excluding hydrogens is 184 g/mol. The van der Waals surface area contributed by atoms with Gasteiger partial charge in [-0.1, -0.05) is 0 Å². The summed E-state index contributed by atoms with van der Waals surface area (Å²) in [6.07, 6.45) is 2.17. The summed E-state index contributed by atoms with van der Waals surface area (Å²) in [6, 6.07) is 3.01. The van der Waals surface area contributed by atoms with Crippen LogP contribution in [0.2, 0.25) is 0 Å². The molecule has 1 aromatic rings. The Bertz CT molecular complexity index is 315. The average molecular weight is 196 g/mol. The van der Waals surface area contributed by atoms with Crippen LogP contribution in [0.4, 0.5) is 0 Å². The minimum atomic E-state index is -1.04. The van der Waals surface area contributed by atoms with E-state index in [-0.39, 0.29) is 11.4 Å². The average Bonchev–Trinajstić information content (AvgIpc) is 2.19. The molecule has 0 bridgehead atoms. The molecule has 0 amide bonds. The number of nitrogens with zero attached hydrogens (tertiary/aromatic N) is 1. The molecule has 1 heterocycles. The topological polar surface area (TPSA) is 85.4 Å². The van der Waals surface area contributed by atoms with Crippen molar-refractivity contribution in [2.24, 2.45) is 5.73 Å². The maximum absolute atomic E-state index is 10.7. The Labute approximate surface area is 81.5 Å². The van der Waals surface area contributed by atoms with Gasteiger partial charge in [0.15, 0.2) is 0 Å². The highest BCUT2D eigenvalue weighted by molar-refractivity contribution is 5.90. The first-order valence-corrected chi connectivity index (χ1v) is 4.27. The van der Waals surface area contributed by atoms with Crippen LogP contribution in [0.15, 0.2) is 18.3 Å². The molecule has 0 aliphatic heterocycles. The highest BCUT2D eigenvalue weighted by atomic mass is 16.5. The zero-order chi connectivity index (χ0) is 10.4. The van der Waals surface area contributed by atoms with E-state index in [4.69, 9.17) is 15.6 Å². The second-order valence-electron chi connectivity index (χ2n) is 2.65. The van der Waals surface area contributed by atoms with Crippen molar-refractivity contribution < 1.29 is 14.6 Å². The Balaban J connectivity index is 2.69. The van der Waals surface area contributed by atoms with Crippen LogP contribution < -0.4 is 10.5 Å². The molecule has 0 aromatic carbocycles. The largest absolute Gasteiger partial charge is 0.477 e. The minimum Gasteiger partial charge on any atom is -0.477 e. The molecule has 0 fully saturated rings. The van der Waals surface area contributed by atoms with Gasteiger partial charge in [0, 0.05) is 6.20 Å². The number of rotatable bonds is 5. The van der Waals surface area contributed by atoms with E-state index in [0.717, 1.165) is 0 Å². The van der Waals surface area contributed by atoms with E-state index in [9.17, 15) is 4.79 Å². The Hall–Kier alpha value is -1.62. The van der Waals surface area contributed by atoms with Crippen molar-refractivity contribution in [1.29, 1.82) is 0 Å². The van der Waals surface area contributed by atoms with Crippen molar-refractivity contribution in [3.05, 3.63) is 23.9 Å². The van der Waals surface area contributed by atoms with Gasteiger partial charge < -0.3 is 15.6 Å². The molecule has 0 unspecified atom stereocenters. The number of carbonyl (C=O) groups is 1. The molecule has 1 rings (SSSR count). The number of ether oxygens (including phenoxy) is 1. The molecule has 76 valence electrons. The predicted octanol–water partition coefficient (Wildman–Crippen LogP) is 0.507. The van der Waals surface area contributed by atoms with Gasteiger partial charge in [-0.15, -0.1) is 0 Å². The Morgan fingerprint density at radius 2 is 2.43 bits per heavy atom. The van der Waals surface area contributed by atoms with Crippen LogP contribution in [0.25, 0.3) is 0 Å². The van der Waals surface area contributed by atoms with Gasteiger partial charge in [0.25, 0.3) is 0 Å². The third-order valence-corrected chi connectivity index (χ3v) is 1.59. The second-order valence-corrected chi connectivity index (χ2v) is 2.65. The molecule has 0 aliphatic rings. The van der Waals surface area contributed by atoms with E-state index in [1.54, 1.807) is 6.07 Å². The number of pyridine rings is 1. The van der Waals surface area contributed by atoms with Gasteiger partial charge in [-0.3, -0.25) is 0 Å². The van der Waals surface area contributed by atoms with E-state index in [1.807, 2.05) is 0 Å². The number of aromatic carboxylic acids is 1. The Morgan fingerprint density at radius 3 is 3.07 bits per heavy atom. The zero-order valence-corrected chi connectivity index (χ0v) is 7.64. The lowest BCUT2D eigenvalue weighted by Crippen LogP contribution is -2.09. The zero-order valence-electron chi connectivity index (χ0n) is 7.64. The van der Waals surface area contributed by atoms with Gasteiger partial charge in [0.05, 0.1) is 6.61 Å². The number of nitrogens with two attached hydrogens (primary N) is 1. The number of hydrogen-bond donors (Lipinski definition) is 2. The predicted molar refractivity (Wildman–Crippen MR) is 50.4 cm³/mol.